The van der Waals surface area contributed by atoms with Crippen LogP contribution in [0.2, 0.25) is 0 Å². The Morgan fingerprint density at radius 1 is 1.07 bits per heavy atom. The third-order valence-corrected chi connectivity index (χ3v) is 5.64. The molecule has 2 aromatic rings. The molecular formula is C21H20F3NO2. The molecule has 0 N–H and O–H groups in total. The van der Waals surface area contributed by atoms with Crippen molar-refractivity contribution in [2.45, 2.75) is 24.3 Å². The van der Waals surface area contributed by atoms with Crippen molar-refractivity contribution >= 4 is 5.91 Å². The standard InChI is InChI=1S/C21H20F3NO2/c22-18-9-5-4-8-17(18)21(23,24)20(26)25-12-15(14-6-2-1-3-7-14)16-13-27-11-10-19(16)25/h1-9,15-16,19H,10-13H2. The van der Waals surface area contributed by atoms with E-state index in [1.165, 1.54) is 17.0 Å². The van der Waals surface area contributed by atoms with Crippen molar-refractivity contribution in [3.05, 3.63) is 71.5 Å². The maximum atomic E-state index is 14.9. The molecule has 1 amide bonds. The summed E-state index contributed by atoms with van der Waals surface area (Å²) >= 11 is 0. The van der Waals surface area contributed by atoms with E-state index >= 15 is 0 Å². The van der Waals surface area contributed by atoms with Gasteiger partial charge in [-0.05, 0) is 24.1 Å². The number of nitrogens with zero attached hydrogens (tertiary/aromatic N) is 1. The van der Waals surface area contributed by atoms with Crippen molar-refractivity contribution in [2.24, 2.45) is 5.92 Å². The molecule has 2 saturated heterocycles. The van der Waals surface area contributed by atoms with Crippen molar-refractivity contribution in [1.82, 2.24) is 4.90 Å². The summed E-state index contributed by atoms with van der Waals surface area (Å²) in [7, 11) is 0. The fourth-order valence-electron chi connectivity index (χ4n) is 4.30. The summed E-state index contributed by atoms with van der Waals surface area (Å²) in [6, 6.07) is 13.8. The fourth-order valence-corrected chi connectivity index (χ4v) is 4.30. The number of fused-ring (bicyclic) bond motifs is 1. The number of hydrogen-bond donors (Lipinski definition) is 0. The lowest BCUT2D eigenvalue weighted by atomic mass is 9.84. The molecule has 0 saturated carbocycles. The summed E-state index contributed by atoms with van der Waals surface area (Å²) in [6.45, 7) is 1.04. The second-order valence-corrected chi connectivity index (χ2v) is 7.12. The summed E-state index contributed by atoms with van der Waals surface area (Å²) in [4.78, 5) is 14.1. The van der Waals surface area contributed by atoms with Crippen LogP contribution in [0.4, 0.5) is 13.2 Å². The van der Waals surface area contributed by atoms with E-state index in [-0.39, 0.29) is 24.4 Å². The van der Waals surface area contributed by atoms with Crippen LogP contribution in [0.5, 0.6) is 0 Å². The first-order valence-corrected chi connectivity index (χ1v) is 9.06. The Morgan fingerprint density at radius 2 is 1.78 bits per heavy atom. The van der Waals surface area contributed by atoms with Crippen LogP contribution in [0, 0.1) is 11.7 Å². The van der Waals surface area contributed by atoms with Crippen LogP contribution in [-0.2, 0) is 15.5 Å². The first-order chi connectivity index (χ1) is 13.0. The second kappa shape index (κ2) is 7.00. The maximum Gasteiger partial charge on any atom is 0.352 e. The van der Waals surface area contributed by atoms with E-state index in [1.807, 2.05) is 30.3 Å². The fraction of sp³-hybridized carbons (Fsp3) is 0.381. The molecule has 3 atom stereocenters. The Hall–Kier alpha value is -2.34. The van der Waals surface area contributed by atoms with E-state index in [4.69, 9.17) is 4.74 Å². The number of likely N-dealkylation sites (tertiary alicyclic amines) is 1. The molecule has 2 aliphatic heterocycles. The Bertz CT molecular complexity index is 827. The molecule has 0 aliphatic carbocycles. The number of rotatable bonds is 3. The third kappa shape index (κ3) is 3.12. The molecule has 0 radical (unpaired) electrons. The minimum Gasteiger partial charge on any atom is -0.381 e. The summed E-state index contributed by atoms with van der Waals surface area (Å²) in [5.74, 6) is -6.42. The Morgan fingerprint density at radius 3 is 2.52 bits per heavy atom. The van der Waals surface area contributed by atoms with Gasteiger partial charge in [0, 0.05) is 31.0 Å². The Balaban J connectivity index is 1.66. The molecule has 0 bridgehead atoms. The molecule has 27 heavy (non-hydrogen) atoms. The number of carbonyl (C=O) groups excluding carboxylic acids is 1. The zero-order chi connectivity index (χ0) is 19.0. The number of hydrogen-bond acceptors (Lipinski definition) is 2. The number of carbonyl (C=O) groups is 1. The number of halogens is 3. The largest absolute Gasteiger partial charge is 0.381 e. The summed E-state index contributed by atoms with van der Waals surface area (Å²) in [5.41, 5.74) is 0.129. The highest BCUT2D eigenvalue weighted by molar-refractivity contribution is 5.85. The average molecular weight is 375 g/mol. The van der Waals surface area contributed by atoms with Gasteiger partial charge in [0.25, 0.3) is 5.91 Å². The zero-order valence-electron chi connectivity index (χ0n) is 14.7. The Labute approximate surface area is 155 Å². The smallest absolute Gasteiger partial charge is 0.352 e. The molecule has 2 aromatic carbocycles. The quantitative estimate of drug-likeness (QED) is 0.813. The van der Waals surface area contributed by atoms with Gasteiger partial charge in [0.1, 0.15) is 5.82 Å². The molecular weight excluding hydrogens is 355 g/mol. The van der Waals surface area contributed by atoms with Gasteiger partial charge in [-0.1, -0.05) is 42.5 Å². The summed E-state index contributed by atoms with van der Waals surface area (Å²) in [5, 5.41) is 0. The van der Waals surface area contributed by atoms with Crippen LogP contribution in [0.15, 0.2) is 54.6 Å². The topological polar surface area (TPSA) is 29.5 Å². The van der Waals surface area contributed by atoms with Crippen LogP contribution < -0.4 is 0 Å². The van der Waals surface area contributed by atoms with Crippen LogP contribution >= 0.6 is 0 Å². The monoisotopic (exact) mass is 375 g/mol. The van der Waals surface area contributed by atoms with Crippen LogP contribution in [0.1, 0.15) is 23.5 Å². The number of benzene rings is 2. The lowest BCUT2D eigenvalue weighted by Crippen LogP contribution is -2.48. The van der Waals surface area contributed by atoms with E-state index < -0.39 is 23.2 Å². The van der Waals surface area contributed by atoms with Gasteiger partial charge in [-0.2, -0.15) is 8.78 Å². The minimum atomic E-state index is -3.90. The highest BCUT2D eigenvalue weighted by Crippen LogP contribution is 2.44. The van der Waals surface area contributed by atoms with Crippen LogP contribution in [0.25, 0.3) is 0 Å². The molecule has 142 valence electrons. The van der Waals surface area contributed by atoms with E-state index in [1.54, 1.807) is 0 Å². The van der Waals surface area contributed by atoms with Gasteiger partial charge in [0.2, 0.25) is 0 Å². The highest BCUT2D eigenvalue weighted by atomic mass is 19.3. The van der Waals surface area contributed by atoms with Gasteiger partial charge in [-0.25, -0.2) is 4.39 Å². The third-order valence-electron chi connectivity index (χ3n) is 5.64. The lowest BCUT2D eigenvalue weighted by molar-refractivity contribution is -0.162. The van der Waals surface area contributed by atoms with Gasteiger partial charge in [0.15, 0.2) is 0 Å². The van der Waals surface area contributed by atoms with Crippen molar-refractivity contribution in [3.63, 3.8) is 0 Å². The van der Waals surface area contributed by atoms with E-state index in [9.17, 15) is 18.0 Å². The van der Waals surface area contributed by atoms with E-state index in [0.29, 0.717) is 19.6 Å². The molecule has 3 unspecified atom stereocenters. The van der Waals surface area contributed by atoms with Crippen LogP contribution in [0.3, 0.4) is 0 Å². The molecule has 0 spiro atoms. The molecule has 0 aromatic heterocycles. The normalized spacial score (nSPS) is 25.3. The SMILES string of the molecule is O=C(N1CC(c2ccccc2)C2COCCC21)C(F)(F)c1ccccc1F. The van der Waals surface area contributed by atoms with Crippen molar-refractivity contribution < 1.29 is 22.7 Å². The van der Waals surface area contributed by atoms with Gasteiger partial charge >= 0.3 is 5.92 Å². The molecule has 4 rings (SSSR count). The van der Waals surface area contributed by atoms with Gasteiger partial charge in [0.05, 0.1) is 12.2 Å². The highest BCUT2D eigenvalue weighted by Gasteiger charge is 2.53. The summed E-state index contributed by atoms with van der Waals surface area (Å²) in [6.07, 6.45) is 0.507. The van der Waals surface area contributed by atoms with Crippen LogP contribution in [-0.4, -0.2) is 36.6 Å². The van der Waals surface area contributed by atoms with E-state index in [0.717, 1.165) is 17.7 Å². The average Bonchev–Trinajstić information content (AvgIpc) is 3.08. The van der Waals surface area contributed by atoms with Gasteiger partial charge in [-0.3, -0.25) is 4.79 Å². The number of amides is 1. The molecule has 2 heterocycles. The van der Waals surface area contributed by atoms with Gasteiger partial charge < -0.3 is 9.64 Å². The molecule has 3 nitrogen and oxygen atoms in total. The van der Waals surface area contributed by atoms with Crippen molar-refractivity contribution in [3.8, 4) is 0 Å². The molecule has 2 fully saturated rings. The first-order valence-electron chi connectivity index (χ1n) is 9.06. The number of alkyl halides is 2. The number of ether oxygens (including phenoxy) is 1. The predicted octanol–water partition coefficient (Wildman–Crippen LogP) is 3.95. The van der Waals surface area contributed by atoms with Crippen molar-refractivity contribution in [1.29, 1.82) is 0 Å². The van der Waals surface area contributed by atoms with Gasteiger partial charge in [-0.15, -0.1) is 0 Å². The molecule has 2 aliphatic rings. The minimum absolute atomic E-state index is 0.0403. The summed E-state index contributed by atoms with van der Waals surface area (Å²) < 4.78 is 49.3. The van der Waals surface area contributed by atoms with E-state index in [2.05, 4.69) is 0 Å². The maximum absolute atomic E-state index is 14.9. The van der Waals surface area contributed by atoms with Crippen molar-refractivity contribution in [2.75, 3.05) is 19.8 Å². The second-order valence-electron chi connectivity index (χ2n) is 7.12. The predicted molar refractivity (Wildman–Crippen MR) is 93.9 cm³/mol. The Kier molecular flexibility index (Phi) is 4.68. The molecule has 6 heteroatoms. The lowest BCUT2D eigenvalue weighted by Gasteiger charge is -2.34. The zero-order valence-corrected chi connectivity index (χ0v) is 14.7. The first kappa shape index (κ1) is 18.0.